The molecular weight excluding hydrogens is 265 g/mol. The van der Waals surface area contributed by atoms with Crippen LogP contribution in [0.15, 0.2) is 36.4 Å². The molecule has 2 aromatic rings. The summed E-state index contributed by atoms with van der Waals surface area (Å²) < 4.78 is 19.1. The first-order valence-electron chi connectivity index (χ1n) is 5.88. The Morgan fingerprint density at radius 3 is 2.58 bits per heavy atom. The van der Waals surface area contributed by atoms with E-state index >= 15 is 0 Å². The van der Waals surface area contributed by atoms with Crippen molar-refractivity contribution >= 4 is 11.6 Å². The summed E-state index contributed by atoms with van der Waals surface area (Å²) in [5.74, 6) is 0.232. The Bertz CT molecular complexity index is 601. The van der Waals surface area contributed by atoms with Gasteiger partial charge >= 0.3 is 0 Å². The second-order valence-corrected chi connectivity index (χ2v) is 4.83. The first kappa shape index (κ1) is 13.8. The van der Waals surface area contributed by atoms with E-state index in [2.05, 4.69) is 0 Å². The van der Waals surface area contributed by atoms with Gasteiger partial charge in [-0.05, 0) is 25.1 Å². The van der Waals surface area contributed by atoms with Crippen LogP contribution in [-0.4, -0.2) is 7.11 Å². The molecule has 0 radical (unpaired) electrons. The highest BCUT2D eigenvalue weighted by Crippen LogP contribution is 2.32. The molecule has 2 N–H and O–H groups in total. The molecule has 0 heterocycles. The van der Waals surface area contributed by atoms with E-state index < -0.39 is 6.04 Å². The minimum absolute atomic E-state index is 0.324. The maximum Gasteiger partial charge on any atom is 0.128 e. The van der Waals surface area contributed by atoms with Crippen molar-refractivity contribution in [2.75, 3.05) is 7.11 Å². The van der Waals surface area contributed by atoms with Crippen molar-refractivity contribution < 1.29 is 9.13 Å². The van der Waals surface area contributed by atoms with E-state index in [4.69, 9.17) is 22.1 Å². The van der Waals surface area contributed by atoms with E-state index in [-0.39, 0.29) is 5.82 Å². The van der Waals surface area contributed by atoms with Crippen molar-refractivity contribution in [1.82, 2.24) is 0 Å². The molecule has 0 fully saturated rings. The second kappa shape index (κ2) is 5.59. The molecule has 19 heavy (non-hydrogen) atoms. The second-order valence-electron chi connectivity index (χ2n) is 4.39. The van der Waals surface area contributed by atoms with Gasteiger partial charge in [0, 0.05) is 16.1 Å². The molecular formula is C15H15ClFNO. The number of nitrogens with two attached hydrogens (primary N) is 1. The van der Waals surface area contributed by atoms with Gasteiger partial charge in [0.05, 0.1) is 13.2 Å². The van der Waals surface area contributed by atoms with Gasteiger partial charge in [-0.2, -0.15) is 0 Å². The molecule has 1 unspecified atom stereocenters. The molecule has 0 aromatic heterocycles. The predicted octanol–water partition coefficient (Wildman–Crippen LogP) is 3.84. The Morgan fingerprint density at radius 1 is 1.16 bits per heavy atom. The van der Waals surface area contributed by atoms with E-state index in [1.807, 2.05) is 6.92 Å². The van der Waals surface area contributed by atoms with Crippen LogP contribution in [0, 0.1) is 12.7 Å². The van der Waals surface area contributed by atoms with Gasteiger partial charge in [0.1, 0.15) is 11.6 Å². The van der Waals surface area contributed by atoms with Crippen molar-refractivity contribution in [2.45, 2.75) is 13.0 Å². The van der Waals surface area contributed by atoms with Gasteiger partial charge in [-0.15, -0.1) is 0 Å². The van der Waals surface area contributed by atoms with Crippen LogP contribution >= 0.6 is 11.6 Å². The number of hydrogen-bond acceptors (Lipinski definition) is 2. The Balaban J connectivity index is 2.49. The zero-order chi connectivity index (χ0) is 14.0. The molecule has 2 rings (SSSR count). The summed E-state index contributed by atoms with van der Waals surface area (Å²) in [7, 11) is 1.54. The molecule has 2 aromatic carbocycles. The average Bonchev–Trinajstić information content (AvgIpc) is 2.40. The van der Waals surface area contributed by atoms with Crippen molar-refractivity contribution in [2.24, 2.45) is 5.73 Å². The fourth-order valence-electron chi connectivity index (χ4n) is 2.01. The summed E-state index contributed by atoms with van der Waals surface area (Å²) in [5, 5.41) is 0.553. The van der Waals surface area contributed by atoms with Crippen molar-refractivity contribution in [3.63, 3.8) is 0 Å². The van der Waals surface area contributed by atoms with Gasteiger partial charge in [0.15, 0.2) is 0 Å². The number of methoxy groups -OCH3 is 1. The summed E-state index contributed by atoms with van der Waals surface area (Å²) in [6.07, 6.45) is 0. The highest BCUT2D eigenvalue weighted by molar-refractivity contribution is 6.30. The normalized spacial score (nSPS) is 12.3. The van der Waals surface area contributed by atoms with Gasteiger partial charge < -0.3 is 10.5 Å². The van der Waals surface area contributed by atoms with E-state index in [1.54, 1.807) is 30.3 Å². The van der Waals surface area contributed by atoms with Crippen molar-refractivity contribution in [1.29, 1.82) is 0 Å². The smallest absolute Gasteiger partial charge is 0.128 e. The Labute approximate surface area is 117 Å². The molecule has 100 valence electrons. The lowest BCUT2D eigenvalue weighted by Crippen LogP contribution is -2.15. The lowest BCUT2D eigenvalue weighted by Gasteiger charge is -2.17. The third-order valence-electron chi connectivity index (χ3n) is 3.02. The van der Waals surface area contributed by atoms with Crippen LogP contribution in [0.2, 0.25) is 5.02 Å². The molecule has 0 aliphatic heterocycles. The van der Waals surface area contributed by atoms with Gasteiger partial charge in [-0.25, -0.2) is 4.39 Å². The Kier molecular flexibility index (Phi) is 4.08. The van der Waals surface area contributed by atoms with Gasteiger partial charge in [-0.3, -0.25) is 0 Å². The fraction of sp³-hybridized carbons (Fsp3) is 0.200. The van der Waals surface area contributed by atoms with Crippen LogP contribution in [0.3, 0.4) is 0 Å². The zero-order valence-corrected chi connectivity index (χ0v) is 11.5. The molecule has 0 aliphatic carbocycles. The lowest BCUT2D eigenvalue weighted by molar-refractivity contribution is 0.407. The van der Waals surface area contributed by atoms with Crippen LogP contribution < -0.4 is 10.5 Å². The monoisotopic (exact) mass is 279 g/mol. The Morgan fingerprint density at radius 2 is 1.89 bits per heavy atom. The van der Waals surface area contributed by atoms with Crippen LogP contribution in [0.4, 0.5) is 4.39 Å². The average molecular weight is 280 g/mol. The third-order valence-corrected chi connectivity index (χ3v) is 3.25. The molecule has 2 nitrogen and oxygen atoms in total. The van der Waals surface area contributed by atoms with E-state index in [0.717, 1.165) is 5.56 Å². The summed E-state index contributed by atoms with van der Waals surface area (Å²) in [6.45, 7) is 1.90. The van der Waals surface area contributed by atoms with Crippen LogP contribution in [0.5, 0.6) is 5.75 Å². The Hall–Kier alpha value is -1.58. The highest BCUT2D eigenvalue weighted by atomic mass is 35.5. The third kappa shape index (κ3) is 2.88. The number of halogens is 2. The first-order chi connectivity index (χ1) is 9.02. The summed E-state index contributed by atoms with van der Waals surface area (Å²) >= 11 is 5.91. The van der Waals surface area contributed by atoms with E-state index in [9.17, 15) is 4.39 Å². The standard InChI is InChI=1S/C15H15ClFNO/c1-9-3-6-13(17)12(7-9)15(18)11-5-4-10(16)8-14(11)19-2/h3-8,15H,18H2,1-2H3. The summed E-state index contributed by atoms with van der Waals surface area (Å²) in [5.41, 5.74) is 8.26. The van der Waals surface area contributed by atoms with Crippen LogP contribution in [0.1, 0.15) is 22.7 Å². The number of hydrogen-bond donors (Lipinski definition) is 1. The lowest BCUT2D eigenvalue weighted by atomic mass is 9.97. The first-order valence-corrected chi connectivity index (χ1v) is 6.26. The largest absolute Gasteiger partial charge is 0.496 e. The molecule has 0 saturated heterocycles. The zero-order valence-electron chi connectivity index (χ0n) is 10.8. The molecule has 4 heteroatoms. The molecule has 0 spiro atoms. The van der Waals surface area contributed by atoms with E-state index in [1.165, 1.54) is 13.2 Å². The number of rotatable bonds is 3. The SMILES string of the molecule is COc1cc(Cl)ccc1C(N)c1cc(C)ccc1F. The quantitative estimate of drug-likeness (QED) is 0.926. The van der Waals surface area contributed by atoms with Gasteiger partial charge in [0.25, 0.3) is 0 Å². The van der Waals surface area contributed by atoms with Crippen LogP contribution in [-0.2, 0) is 0 Å². The predicted molar refractivity (Wildman–Crippen MR) is 75.2 cm³/mol. The van der Waals surface area contributed by atoms with Gasteiger partial charge in [0.2, 0.25) is 0 Å². The minimum atomic E-state index is -0.591. The number of benzene rings is 2. The minimum Gasteiger partial charge on any atom is -0.496 e. The molecule has 1 atom stereocenters. The van der Waals surface area contributed by atoms with E-state index in [0.29, 0.717) is 21.9 Å². The molecule has 0 aliphatic rings. The molecule has 0 saturated carbocycles. The fourth-order valence-corrected chi connectivity index (χ4v) is 2.17. The number of aryl methyl sites for hydroxylation is 1. The maximum absolute atomic E-state index is 13.9. The van der Waals surface area contributed by atoms with Crippen molar-refractivity contribution in [3.8, 4) is 5.75 Å². The van der Waals surface area contributed by atoms with Crippen molar-refractivity contribution in [3.05, 3.63) is 63.9 Å². The van der Waals surface area contributed by atoms with Crippen LogP contribution in [0.25, 0.3) is 0 Å². The summed E-state index contributed by atoms with van der Waals surface area (Å²) in [4.78, 5) is 0. The van der Waals surface area contributed by atoms with Gasteiger partial charge in [-0.1, -0.05) is 35.4 Å². The topological polar surface area (TPSA) is 35.2 Å². The highest BCUT2D eigenvalue weighted by Gasteiger charge is 2.17. The molecule has 0 bridgehead atoms. The maximum atomic E-state index is 13.9. The summed E-state index contributed by atoms with van der Waals surface area (Å²) in [6, 6.07) is 9.43. The molecule has 0 amide bonds. The number of ether oxygens (including phenoxy) is 1.